The lowest BCUT2D eigenvalue weighted by Crippen LogP contribution is -2.43. The van der Waals surface area contributed by atoms with Gasteiger partial charge in [-0.05, 0) is 34.1 Å². The number of likely N-dealkylation sites (tertiary alicyclic amines) is 1. The Morgan fingerprint density at radius 2 is 1.91 bits per heavy atom. The molecule has 0 aliphatic carbocycles. The molecular formula is C9H18FN. The summed E-state index contributed by atoms with van der Waals surface area (Å²) < 4.78 is 12.9. The van der Waals surface area contributed by atoms with Crippen LogP contribution in [0.15, 0.2) is 0 Å². The van der Waals surface area contributed by atoms with E-state index in [1.807, 2.05) is 0 Å². The summed E-state index contributed by atoms with van der Waals surface area (Å²) in [7, 11) is 0. The predicted molar refractivity (Wildman–Crippen MR) is 45.4 cm³/mol. The van der Waals surface area contributed by atoms with Crippen LogP contribution in [-0.4, -0.2) is 29.2 Å². The summed E-state index contributed by atoms with van der Waals surface area (Å²) in [5.41, 5.74) is 0.125. The van der Waals surface area contributed by atoms with E-state index in [-0.39, 0.29) is 5.54 Å². The van der Waals surface area contributed by atoms with Crippen molar-refractivity contribution < 1.29 is 4.39 Å². The average molecular weight is 159 g/mol. The van der Waals surface area contributed by atoms with Crippen LogP contribution in [0, 0.1) is 0 Å². The maximum atomic E-state index is 12.9. The number of hydrogen-bond acceptors (Lipinski definition) is 1. The molecule has 1 nitrogen and oxygen atoms in total. The normalized spacial score (nSPS) is 34.6. The topological polar surface area (TPSA) is 3.24 Å². The van der Waals surface area contributed by atoms with Crippen molar-refractivity contribution in [3.05, 3.63) is 0 Å². The van der Waals surface area contributed by atoms with Crippen LogP contribution in [0.2, 0.25) is 0 Å². The first-order valence-corrected chi connectivity index (χ1v) is 4.32. The van der Waals surface area contributed by atoms with Crippen molar-refractivity contribution in [3.63, 3.8) is 0 Å². The van der Waals surface area contributed by atoms with E-state index in [1.165, 1.54) is 0 Å². The van der Waals surface area contributed by atoms with E-state index in [9.17, 15) is 4.39 Å². The Kier molecular flexibility index (Phi) is 2.24. The molecule has 0 aromatic heterocycles. The van der Waals surface area contributed by atoms with Gasteiger partial charge in [-0.3, -0.25) is 4.90 Å². The van der Waals surface area contributed by atoms with Gasteiger partial charge in [-0.25, -0.2) is 4.39 Å². The van der Waals surface area contributed by atoms with E-state index in [1.54, 1.807) is 0 Å². The molecule has 0 N–H and O–H groups in total. The second kappa shape index (κ2) is 2.74. The standard InChI is InChI=1S/C9H18FN/c1-7-5-8(10)6-11(7)9(2,3)4/h7-8H,5-6H2,1-4H3/t7-,8?/m0/s1. The van der Waals surface area contributed by atoms with Crippen molar-refractivity contribution in [3.8, 4) is 0 Å². The molecule has 2 atom stereocenters. The van der Waals surface area contributed by atoms with Crippen LogP contribution in [0.3, 0.4) is 0 Å². The molecule has 66 valence electrons. The van der Waals surface area contributed by atoms with E-state index in [2.05, 4.69) is 32.6 Å². The molecule has 1 aliphatic heterocycles. The number of hydrogen-bond donors (Lipinski definition) is 0. The summed E-state index contributed by atoms with van der Waals surface area (Å²) in [4.78, 5) is 2.23. The summed E-state index contributed by atoms with van der Waals surface area (Å²) in [6.07, 6.45) is 0.0984. The van der Waals surface area contributed by atoms with Crippen LogP contribution in [0.1, 0.15) is 34.1 Å². The maximum Gasteiger partial charge on any atom is 0.114 e. The highest BCUT2D eigenvalue weighted by atomic mass is 19.1. The maximum absolute atomic E-state index is 12.9. The highest BCUT2D eigenvalue weighted by molar-refractivity contribution is 4.89. The lowest BCUT2D eigenvalue weighted by Gasteiger charge is -2.35. The Morgan fingerprint density at radius 1 is 1.36 bits per heavy atom. The number of halogens is 1. The summed E-state index contributed by atoms with van der Waals surface area (Å²) in [5, 5.41) is 0. The van der Waals surface area contributed by atoms with Gasteiger partial charge in [0.2, 0.25) is 0 Å². The van der Waals surface area contributed by atoms with Gasteiger partial charge in [0, 0.05) is 18.1 Å². The fraction of sp³-hybridized carbons (Fsp3) is 1.00. The van der Waals surface area contributed by atoms with Crippen LogP contribution in [0.25, 0.3) is 0 Å². The zero-order valence-corrected chi connectivity index (χ0v) is 7.89. The molecule has 2 heteroatoms. The quantitative estimate of drug-likeness (QED) is 0.524. The third-order valence-electron chi connectivity index (χ3n) is 2.39. The molecule has 1 unspecified atom stereocenters. The zero-order chi connectivity index (χ0) is 8.65. The van der Waals surface area contributed by atoms with Crippen molar-refractivity contribution in [1.82, 2.24) is 4.90 Å². The summed E-state index contributed by atoms with van der Waals surface area (Å²) in [6, 6.07) is 0.407. The second-order valence-electron chi connectivity index (χ2n) is 4.51. The molecule has 0 spiro atoms. The van der Waals surface area contributed by atoms with Gasteiger partial charge >= 0.3 is 0 Å². The summed E-state index contributed by atoms with van der Waals surface area (Å²) >= 11 is 0. The molecule has 1 rings (SSSR count). The average Bonchev–Trinajstić information content (AvgIpc) is 2.08. The number of rotatable bonds is 0. The Labute approximate surface area is 68.6 Å². The third-order valence-corrected chi connectivity index (χ3v) is 2.39. The molecule has 1 heterocycles. The molecule has 0 saturated carbocycles. The van der Waals surface area contributed by atoms with Gasteiger partial charge in [0.25, 0.3) is 0 Å². The zero-order valence-electron chi connectivity index (χ0n) is 7.89. The highest BCUT2D eigenvalue weighted by Crippen LogP contribution is 2.27. The van der Waals surface area contributed by atoms with Crippen LogP contribution < -0.4 is 0 Å². The Bertz CT molecular complexity index is 139. The van der Waals surface area contributed by atoms with Gasteiger partial charge in [0.1, 0.15) is 6.17 Å². The number of alkyl halides is 1. The molecule has 0 bridgehead atoms. The molecule has 0 aromatic rings. The van der Waals surface area contributed by atoms with E-state index < -0.39 is 6.17 Å². The lowest BCUT2D eigenvalue weighted by atomic mass is 10.1. The van der Waals surface area contributed by atoms with Crippen LogP contribution in [0.4, 0.5) is 4.39 Å². The lowest BCUT2D eigenvalue weighted by molar-refractivity contribution is 0.124. The molecule has 1 fully saturated rings. The van der Waals surface area contributed by atoms with E-state index in [0.29, 0.717) is 19.0 Å². The van der Waals surface area contributed by atoms with Crippen molar-refractivity contribution >= 4 is 0 Å². The molecular weight excluding hydrogens is 141 g/mol. The van der Waals surface area contributed by atoms with Crippen molar-refractivity contribution in [1.29, 1.82) is 0 Å². The van der Waals surface area contributed by atoms with Crippen LogP contribution >= 0.6 is 0 Å². The molecule has 11 heavy (non-hydrogen) atoms. The second-order valence-corrected chi connectivity index (χ2v) is 4.51. The molecule has 1 aliphatic rings. The van der Waals surface area contributed by atoms with Crippen LogP contribution in [0.5, 0.6) is 0 Å². The molecule has 1 saturated heterocycles. The monoisotopic (exact) mass is 159 g/mol. The Morgan fingerprint density at radius 3 is 2.09 bits per heavy atom. The minimum absolute atomic E-state index is 0.125. The molecule has 0 radical (unpaired) electrons. The van der Waals surface area contributed by atoms with Gasteiger partial charge in [-0.15, -0.1) is 0 Å². The van der Waals surface area contributed by atoms with Crippen molar-refractivity contribution in [2.45, 2.75) is 51.9 Å². The smallest absolute Gasteiger partial charge is 0.114 e. The van der Waals surface area contributed by atoms with E-state index >= 15 is 0 Å². The van der Waals surface area contributed by atoms with Crippen molar-refractivity contribution in [2.24, 2.45) is 0 Å². The summed E-state index contributed by atoms with van der Waals surface area (Å²) in [6.45, 7) is 9.14. The summed E-state index contributed by atoms with van der Waals surface area (Å²) in [5.74, 6) is 0. The van der Waals surface area contributed by atoms with E-state index in [4.69, 9.17) is 0 Å². The van der Waals surface area contributed by atoms with Gasteiger partial charge in [0.15, 0.2) is 0 Å². The fourth-order valence-corrected chi connectivity index (χ4v) is 1.90. The van der Waals surface area contributed by atoms with Crippen molar-refractivity contribution in [2.75, 3.05) is 6.54 Å². The van der Waals surface area contributed by atoms with Gasteiger partial charge in [-0.2, -0.15) is 0 Å². The van der Waals surface area contributed by atoms with Gasteiger partial charge in [0.05, 0.1) is 0 Å². The highest BCUT2D eigenvalue weighted by Gasteiger charge is 2.35. The minimum Gasteiger partial charge on any atom is -0.293 e. The first kappa shape index (κ1) is 8.98. The van der Waals surface area contributed by atoms with Crippen LogP contribution in [-0.2, 0) is 0 Å². The fourth-order valence-electron chi connectivity index (χ4n) is 1.90. The van der Waals surface area contributed by atoms with E-state index in [0.717, 1.165) is 0 Å². The molecule has 0 amide bonds. The first-order chi connectivity index (χ1) is 4.91. The van der Waals surface area contributed by atoms with Gasteiger partial charge < -0.3 is 0 Å². The molecule has 0 aromatic carbocycles. The number of nitrogens with zero attached hydrogens (tertiary/aromatic N) is 1. The Hall–Kier alpha value is -0.110. The van der Waals surface area contributed by atoms with Gasteiger partial charge in [-0.1, -0.05) is 0 Å². The Balaban J connectivity index is 2.60. The predicted octanol–water partition coefficient (Wildman–Crippen LogP) is 2.22. The first-order valence-electron chi connectivity index (χ1n) is 4.32. The SMILES string of the molecule is C[C@H]1CC(F)CN1C(C)(C)C. The largest absolute Gasteiger partial charge is 0.293 e. The minimum atomic E-state index is -0.607. The third kappa shape index (κ3) is 1.92.